The minimum Gasteiger partial charge on any atom is -0.493 e. The van der Waals surface area contributed by atoms with E-state index in [1.165, 1.54) is 13.2 Å². The molecule has 2 aromatic rings. The SMILES string of the molecule is C=CCOc1ccc(C(=O)NNC(=O)CCCOc2ccc(Cl)cc2Cl)cc1OC. The van der Waals surface area contributed by atoms with Crippen molar-refractivity contribution in [3.63, 3.8) is 0 Å². The Morgan fingerprint density at radius 2 is 1.80 bits per heavy atom. The predicted molar refractivity (Wildman–Crippen MR) is 115 cm³/mol. The van der Waals surface area contributed by atoms with E-state index in [0.29, 0.717) is 45.9 Å². The first-order valence-electron chi connectivity index (χ1n) is 9.03. The summed E-state index contributed by atoms with van der Waals surface area (Å²) in [6.07, 6.45) is 2.19. The lowest BCUT2D eigenvalue weighted by molar-refractivity contribution is -0.122. The van der Waals surface area contributed by atoms with Gasteiger partial charge in [0.25, 0.3) is 5.91 Å². The number of ether oxygens (including phenoxy) is 3. The zero-order chi connectivity index (χ0) is 21.9. The first-order chi connectivity index (χ1) is 14.4. The van der Waals surface area contributed by atoms with Crippen molar-refractivity contribution in [3.8, 4) is 17.2 Å². The van der Waals surface area contributed by atoms with Crippen LogP contribution in [0.4, 0.5) is 0 Å². The summed E-state index contributed by atoms with van der Waals surface area (Å²) in [5.74, 6) is 0.532. The maximum Gasteiger partial charge on any atom is 0.269 e. The third-order valence-electron chi connectivity index (χ3n) is 3.80. The van der Waals surface area contributed by atoms with Crippen LogP contribution in [0.15, 0.2) is 49.1 Å². The van der Waals surface area contributed by atoms with Crippen LogP contribution in [0.25, 0.3) is 0 Å². The smallest absolute Gasteiger partial charge is 0.269 e. The normalized spacial score (nSPS) is 10.1. The van der Waals surface area contributed by atoms with E-state index in [4.69, 9.17) is 37.4 Å². The minimum atomic E-state index is -0.485. The monoisotopic (exact) mass is 452 g/mol. The highest BCUT2D eigenvalue weighted by atomic mass is 35.5. The van der Waals surface area contributed by atoms with Crippen LogP contribution in [-0.2, 0) is 4.79 Å². The van der Waals surface area contributed by atoms with Crippen LogP contribution < -0.4 is 25.1 Å². The summed E-state index contributed by atoms with van der Waals surface area (Å²) in [6, 6.07) is 9.59. The average molecular weight is 453 g/mol. The summed E-state index contributed by atoms with van der Waals surface area (Å²) in [7, 11) is 1.47. The van der Waals surface area contributed by atoms with Crippen LogP contribution in [-0.4, -0.2) is 32.1 Å². The van der Waals surface area contributed by atoms with Gasteiger partial charge in [-0.1, -0.05) is 35.9 Å². The molecule has 0 saturated heterocycles. The Morgan fingerprint density at radius 1 is 1.03 bits per heavy atom. The van der Waals surface area contributed by atoms with Gasteiger partial charge in [0.15, 0.2) is 11.5 Å². The van der Waals surface area contributed by atoms with Crippen LogP contribution >= 0.6 is 23.2 Å². The van der Waals surface area contributed by atoms with E-state index in [9.17, 15) is 9.59 Å². The fourth-order valence-electron chi connectivity index (χ4n) is 2.35. The highest BCUT2D eigenvalue weighted by molar-refractivity contribution is 6.35. The lowest BCUT2D eigenvalue weighted by Gasteiger charge is -2.12. The van der Waals surface area contributed by atoms with Crippen LogP contribution in [0.1, 0.15) is 23.2 Å². The molecule has 0 aromatic heterocycles. The first kappa shape index (κ1) is 23.4. The molecule has 0 heterocycles. The zero-order valence-corrected chi connectivity index (χ0v) is 17.9. The van der Waals surface area contributed by atoms with Crippen molar-refractivity contribution in [1.29, 1.82) is 0 Å². The molecule has 2 amide bonds. The van der Waals surface area contributed by atoms with Gasteiger partial charge in [0.2, 0.25) is 5.91 Å². The maximum absolute atomic E-state index is 12.2. The fourth-order valence-corrected chi connectivity index (χ4v) is 2.81. The van der Waals surface area contributed by atoms with Gasteiger partial charge in [-0.05, 0) is 42.8 Å². The van der Waals surface area contributed by atoms with Gasteiger partial charge in [0, 0.05) is 17.0 Å². The summed E-state index contributed by atoms with van der Waals surface area (Å²) in [5.41, 5.74) is 5.03. The number of amides is 2. The number of carbonyl (C=O) groups excluding carboxylic acids is 2. The highest BCUT2D eigenvalue weighted by Crippen LogP contribution is 2.28. The summed E-state index contributed by atoms with van der Waals surface area (Å²) in [6.45, 7) is 4.17. The highest BCUT2D eigenvalue weighted by Gasteiger charge is 2.12. The fraction of sp³-hybridized carbons (Fsp3) is 0.238. The van der Waals surface area contributed by atoms with E-state index >= 15 is 0 Å². The van der Waals surface area contributed by atoms with Crippen LogP contribution in [0.5, 0.6) is 17.2 Å². The number of methoxy groups -OCH3 is 1. The number of carbonyl (C=O) groups is 2. The molecule has 2 rings (SSSR count). The molecule has 0 fully saturated rings. The summed E-state index contributed by atoms with van der Waals surface area (Å²) >= 11 is 11.8. The van der Waals surface area contributed by atoms with Crippen molar-refractivity contribution in [2.24, 2.45) is 0 Å². The molecule has 0 aliphatic heterocycles. The van der Waals surface area contributed by atoms with E-state index in [1.807, 2.05) is 0 Å². The number of hydrazine groups is 1. The Balaban J connectivity index is 1.76. The number of hydrogen-bond donors (Lipinski definition) is 2. The maximum atomic E-state index is 12.2. The molecular formula is C21H22Cl2N2O5. The molecule has 0 spiro atoms. The van der Waals surface area contributed by atoms with Gasteiger partial charge in [-0.15, -0.1) is 0 Å². The molecule has 160 valence electrons. The molecule has 0 aliphatic rings. The van der Waals surface area contributed by atoms with Crippen molar-refractivity contribution in [3.05, 3.63) is 64.7 Å². The number of halogens is 2. The van der Waals surface area contributed by atoms with Gasteiger partial charge in [-0.3, -0.25) is 20.4 Å². The van der Waals surface area contributed by atoms with Crippen LogP contribution in [0.3, 0.4) is 0 Å². The molecule has 2 aromatic carbocycles. The van der Waals surface area contributed by atoms with Crippen LogP contribution in [0.2, 0.25) is 10.0 Å². The second-order valence-electron chi connectivity index (χ2n) is 5.99. The second kappa shape index (κ2) is 11.9. The molecule has 30 heavy (non-hydrogen) atoms. The van der Waals surface area contributed by atoms with Gasteiger partial charge in [-0.25, -0.2) is 0 Å². The Labute approximate surface area is 184 Å². The zero-order valence-electron chi connectivity index (χ0n) is 16.4. The third-order valence-corrected chi connectivity index (χ3v) is 4.33. The number of benzene rings is 2. The molecular weight excluding hydrogens is 431 g/mol. The van der Waals surface area contributed by atoms with Crippen molar-refractivity contribution < 1.29 is 23.8 Å². The Hall–Kier alpha value is -2.90. The predicted octanol–water partition coefficient (Wildman–Crippen LogP) is 4.19. The lowest BCUT2D eigenvalue weighted by atomic mass is 10.2. The molecule has 0 unspecified atom stereocenters. The standard InChI is InChI=1S/C21H22Cl2N2O5/c1-3-10-29-18-8-6-14(12-19(18)28-2)21(27)25-24-20(26)5-4-11-30-17-9-7-15(22)13-16(17)23/h3,6-9,12-13H,1,4-5,10-11H2,2H3,(H,24,26)(H,25,27). The Morgan fingerprint density at radius 3 is 2.50 bits per heavy atom. The molecule has 7 nitrogen and oxygen atoms in total. The minimum absolute atomic E-state index is 0.156. The topological polar surface area (TPSA) is 85.9 Å². The first-order valence-corrected chi connectivity index (χ1v) is 9.79. The van der Waals surface area contributed by atoms with E-state index < -0.39 is 5.91 Å². The molecule has 9 heteroatoms. The van der Waals surface area contributed by atoms with Gasteiger partial charge >= 0.3 is 0 Å². The van der Waals surface area contributed by atoms with Crippen molar-refractivity contribution >= 4 is 35.0 Å². The summed E-state index contributed by atoms with van der Waals surface area (Å²) in [5, 5.41) is 0.912. The van der Waals surface area contributed by atoms with Gasteiger partial charge in [0.05, 0.1) is 18.7 Å². The number of hydrogen-bond acceptors (Lipinski definition) is 5. The largest absolute Gasteiger partial charge is 0.493 e. The van der Waals surface area contributed by atoms with Crippen molar-refractivity contribution in [2.45, 2.75) is 12.8 Å². The van der Waals surface area contributed by atoms with Gasteiger partial charge < -0.3 is 14.2 Å². The van der Waals surface area contributed by atoms with Crippen molar-refractivity contribution in [2.75, 3.05) is 20.3 Å². The molecule has 2 N–H and O–H groups in total. The summed E-state index contributed by atoms with van der Waals surface area (Å²) in [4.78, 5) is 24.2. The quantitative estimate of drug-likeness (QED) is 0.320. The Bertz CT molecular complexity index is 905. The molecule has 0 bridgehead atoms. The van der Waals surface area contributed by atoms with E-state index in [0.717, 1.165) is 0 Å². The van der Waals surface area contributed by atoms with E-state index in [2.05, 4.69) is 17.4 Å². The average Bonchev–Trinajstić information content (AvgIpc) is 2.74. The van der Waals surface area contributed by atoms with E-state index in [1.54, 1.807) is 36.4 Å². The third kappa shape index (κ3) is 7.17. The number of rotatable bonds is 10. The molecule has 0 saturated carbocycles. The lowest BCUT2D eigenvalue weighted by Crippen LogP contribution is -2.41. The Kier molecular flexibility index (Phi) is 9.31. The van der Waals surface area contributed by atoms with Crippen LogP contribution in [0, 0.1) is 0 Å². The second-order valence-corrected chi connectivity index (χ2v) is 6.84. The van der Waals surface area contributed by atoms with Gasteiger partial charge in [-0.2, -0.15) is 0 Å². The number of nitrogens with one attached hydrogen (secondary N) is 2. The van der Waals surface area contributed by atoms with Gasteiger partial charge in [0.1, 0.15) is 12.4 Å². The molecule has 0 aliphatic carbocycles. The molecule has 0 atom stereocenters. The van der Waals surface area contributed by atoms with E-state index in [-0.39, 0.29) is 18.9 Å². The molecule has 0 radical (unpaired) electrons. The van der Waals surface area contributed by atoms with Crippen molar-refractivity contribution in [1.82, 2.24) is 10.9 Å². The summed E-state index contributed by atoms with van der Waals surface area (Å²) < 4.78 is 16.2.